The van der Waals surface area contributed by atoms with Crippen molar-refractivity contribution in [3.8, 4) is 0 Å². The Kier molecular flexibility index (Phi) is 6.25. The molecule has 1 aliphatic heterocycles. The molecule has 1 unspecified atom stereocenters. The van der Waals surface area contributed by atoms with Crippen molar-refractivity contribution in [2.24, 2.45) is 7.05 Å². The Morgan fingerprint density at radius 3 is 2.59 bits per heavy atom. The molecule has 0 spiro atoms. The first-order valence-electron chi connectivity index (χ1n) is 8.00. The van der Waals surface area contributed by atoms with Crippen molar-refractivity contribution in [3.05, 3.63) is 47.5 Å². The van der Waals surface area contributed by atoms with Crippen molar-refractivity contribution in [3.63, 3.8) is 0 Å². The summed E-state index contributed by atoms with van der Waals surface area (Å²) in [6, 6.07) is 2.53. The molecule has 11 heteroatoms. The third-order valence-electron chi connectivity index (χ3n) is 4.47. The van der Waals surface area contributed by atoms with E-state index in [1.54, 1.807) is 24.0 Å². The second-order valence-electron chi connectivity index (χ2n) is 6.21. The summed E-state index contributed by atoms with van der Waals surface area (Å²) in [4.78, 5) is 3.84. The molecular formula is C16H20ClF3N4O2S. The topological polar surface area (TPSA) is 67.2 Å². The highest BCUT2D eigenvalue weighted by atomic mass is 35.5. The number of aryl methyl sites for hydroxylation is 2. The molecule has 2 aromatic rings. The monoisotopic (exact) mass is 424 g/mol. The van der Waals surface area contributed by atoms with Crippen molar-refractivity contribution in [1.29, 1.82) is 0 Å². The molecule has 1 aromatic carbocycles. The number of hydrogen-bond acceptors (Lipinski definition) is 4. The minimum Gasteiger partial charge on any atom is -0.337 e. The Labute approximate surface area is 161 Å². The molecule has 0 aliphatic carbocycles. The molecule has 1 saturated heterocycles. The highest BCUT2D eigenvalue weighted by Gasteiger charge is 2.38. The van der Waals surface area contributed by atoms with Crippen LogP contribution in [-0.2, 0) is 23.2 Å². The zero-order valence-electron chi connectivity index (χ0n) is 14.7. The van der Waals surface area contributed by atoms with E-state index in [2.05, 4.69) is 10.3 Å². The number of aromatic nitrogens is 2. The van der Waals surface area contributed by atoms with Crippen LogP contribution in [0, 0.1) is 6.92 Å². The van der Waals surface area contributed by atoms with Gasteiger partial charge in [0.05, 0.1) is 16.5 Å². The van der Waals surface area contributed by atoms with E-state index >= 15 is 0 Å². The van der Waals surface area contributed by atoms with Gasteiger partial charge in [0.1, 0.15) is 5.82 Å². The molecule has 2 heterocycles. The van der Waals surface area contributed by atoms with Gasteiger partial charge in [0.15, 0.2) is 0 Å². The quantitative estimate of drug-likeness (QED) is 0.822. The molecule has 1 aliphatic rings. The van der Waals surface area contributed by atoms with Gasteiger partial charge in [0.25, 0.3) is 0 Å². The summed E-state index contributed by atoms with van der Waals surface area (Å²) in [7, 11) is -2.37. The van der Waals surface area contributed by atoms with Gasteiger partial charge < -0.3 is 9.88 Å². The number of benzene rings is 1. The predicted octanol–water partition coefficient (Wildman–Crippen LogP) is 2.50. The Balaban J connectivity index is 0.00000261. The lowest BCUT2D eigenvalue weighted by Gasteiger charge is -2.34. The van der Waals surface area contributed by atoms with E-state index in [9.17, 15) is 21.6 Å². The van der Waals surface area contributed by atoms with Crippen LogP contribution in [0.5, 0.6) is 0 Å². The van der Waals surface area contributed by atoms with E-state index in [0.29, 0.717) is 25.0 Å². The fourth-order valence-electron chi connectivity index (χ4n) is 3.09. The molecule has 1 fully saturated rings. The lowest BCUT2D eigenvalue weighted by molar-refractivity contribution is -0.138. The predicted molar refractivity (Wildman–Crippen MR) is 96.1 cm³/mol. The molecule has 1 atom stereocenters. The Hall–Kier alpha value is -1.62. The lowest BCUT2D eigenvalue weighted by Crippen LogP contribution is -2.49. The van der Waals surface area contributed by atoms with Gasteiger partial charge >= 0.3 is 6.18 Å². The third kappa shape index (κ3) is 4.13. The summed E-state index contributed by atoms with van der Waals surface area (Å²) in [5.74, 6) is 0.531. The van der Waals surface area contributed by atoms with Gasteiger partial charge in [-0.15, -0.1) is 12.4 Å². The zero-order valence-corrected chi connectivity index (χ0v) is 16.3. The molecular weight excluding hydrogens is 405 g/mol. The third-order valence-corrected chi connectivity index (χ3v) is 6.38. The molecule has 1 aromatic heterocycles. The number of halogens is 4. The largest absolute Gasteiger partial charge is 0.416 e. The van der Waals surface area contributed by atoms with Crippen LogP contribution in [0.3, 0.4) is 0 Å². The van der Waals surface area contributed by atoms with Crippen LogP contribution in [0.1, 0.15) is 23.0 Å². The van der Waals surface area contributed by atoms with Crippen molar-refractivity contribution in [2.75, 3.05) is 19.6 Å². The van der Waals surface area contributed by atoms with Crippen molar-refractivity contribution in [1.82, 2.24) is 19.2 Å². The maximum Gasteiger partial charge on any atom is 0.416 e. The minimum atomic E-state index is -4.61. The number of imidazole rings is 1. The van der Waals surface area contributed by atoms with Gasteiger partial charge in [-0.05, 0) is 24.6 Å². The van der Waals surface area contributed by atoms with Crippen LogP contribution in [0.2, 0.25) is 0 Å². The van der Waals surface area contributed by atoms with Crippen molar-refractivity contribution in [2.45, 2.75) is 24.0 Å². The standard InChI is InChI=1S/C16H19F3N4O2S.ClH/c1-11-3-4-12(9-13(11)16(17,18)19)26(24,25)23-8-5-20-10-14(23)15-21-6-7-22(15)2;/h3-4,6-7,9,14,20H,5,8,10H2,1-2H3;1H. The highest BCUT2D eigenvalue weighted by molar-refractivity contribution is 7.89. The normalized spacial score (nSPS) is 18.9. The molecule has 0 bridgehead atoms. The average Bonchev–Trinajstić information content (AvgIpc) is 3.00. The van der Waals surface area contributed by atoms with Crippen molar-refractivity contribution < 1.29 is 21.6 Å². The van der Waals surface area contributed by atoms with Crippen LogP contribution in [0.25, 0.3) is 0 Å². The van der Waals surface area contributed by atoms with Gasteiger partial charge in [-0.1, -0.05) is 6.07 Å². The maximum absolute atomic E-state index is 13.2. The van der Waals surface area contributed by atoms with E-state index in [1.807, 2.05) is 0 Å². The van der Waals surface area contributed by atoms with E-state index in [1.165, 1.54) is 23.4 Å². The van der Waals surface area contributed by atoms with Gasteiger partial charge in [0, 0.05) is 39.1 Å². The number of piperazine rings is 1. The Morgan fingerprint density at radius 1 is 1.30 bits per heavy atom. The molecule has 0 saturated carbocycles. The van der Waals surface area contributed by atoms with E-state index < -0.39 is 27.8 Å². The Morgan fingerprint density at radius 2 is 2.00 bits per heavy atom. The van der Waals surface area contributed by atoms with Gasteiger partial charge in [0.2, 0.25) is 10.0 Å². The number of nitrogens with zero attached hydrogens (tertiary/aromatic N) is 3. The fraction of sp³-hybridized carbons (Fsp3) is 0.438. The number of sulfonamides is 1. The summed E-state index contributed by atoms with van der Waals surface area (Å²) in [5, 5.41) is 3.11. The SMILES string of the molecule is Cc1ccc(S(=O)(=O)N2CCNCC2c2nccn2C)cc1C(F)(F)F.Cl. The number of rotatable bonds is 3. The van der Waals surface area contributed by atoms with Crippen LogP contribution in [0.4, 0.5) is 13.2 Å². The molecule has 6 nitrogen and oxygen atoms in total. The van der Waals surface area contributed by atoms with Gasteiger partial charge in [-0.3, -0.25) is 0 Å². The molecule has 0 amide bonds. The van der Waals surface area contributed by atoms with Crippen LogP contribution < -0.4 is 5.32 Å². The number of hydrogen-bond donors (Lipinski definition) is 1. The number of alkyl halides is 3. The molecule has 150 valence electrons. The van der Waals surface area contributed by atoms with Gasteiger partial charge in [-0.2, -0.15) is 17.5 Å². The molecule has 3 rings (SSSR count). The van der Waals surface area contributed by atoms with E-state index in [0.717, 1.165) is 0 Å². The van der Waals surface area contributed by atoms with Crippen molar-refractivity contribution >= 4 is 22.4 Å². The molecule has 27 heavy (non-hydrogen) atoms. The zero-order chi connectivity index (χ0) is 19.1. The first-order chi connectivity index (χ1) is 12.1. The number of nitrogens with one attached hydrogen (secondary N) is 1. The fourth-order valence-corrected chi connectivity index (χ4v) is 4.71. The second-order valence-corrected chi connectivity index (χ2v) is 8.10. The second kappa shape index (κ2) is 7.78. The summed E-state index contributed by atoms with van der Waals surface area (Å²) in [5.41, 5.74) is -0.959. The Bertz CT molecular complexity index is 915. The minimum absolute atomic E-state index is 0. The van der Waals surface area contributed by atoms with Crippen LogP contribution in [-0.4, -0.2) is 41.9 Å². The van der Waals surface area contributed by atoms with Crippen LogP contribution >= 0.6 is 12.4 Å². The summed E-state index contributed by atoms with van der Waals surface area (Å²) in [6.45, 7) is 2.20. The highest BCUT2D eigenvalue weighted by Crippen LogP contribution is 2.35. The van der Waals surface area contributed by atoms with E-state index in [4.69, 9.17) is 0 Å². The molecule has 0 radical (unpaired) electrons. The summed E-state index contributed by atoms with van der Waals surface area (Å²) < 4.78 is 68.6. The van der Waals surface area contributed by atoms with Gasteiger partial charge in [-0.25, -0.2) is 13.4 Å². The summed E-state index contributed by atoms with van der Waals surface area (Å²) in [6.07, 6.45) is -1.36. The maximum atomic E-state index is 13.2. The lowest BCUT2D eigenvalue weighted by atomic mass is 10.1. The summed E-state index contributed by atoms with van der Waals surface area (Å²) >= 11 is 0. The van der Waals surface area contributed by atoms with Crippen LogP contribution in [0.15, 0.2) is 35.5 Å². The smallest absolute Gasteiger partial charge is 0.337 e. The molecule has 1 N–H and O–H groups in total. The first kappa shape index (κ1) is 21.7. The van der Waals surface area contributed by atoms with E-state index in [-0.39, 0.29) is 29.4 Å². The first-order valence-corrected chi connectivity index (χ1v) is 9.44. The average molecular weight is 425 g/mol.